The van der Waals surface area contributed by atoms with Crippen LogP contribution in [0.1, 0.15) is 32.4 Å². The van der Waals surface area contributed by atoms with E-state index in [0.29, 0.717) is 0 Å². The molecule has 1 aromatic carbocycles. The van der Waals surface area contributed by atoms with Crippen molar-refractivity contribution >= 4 is 6.09 Å². The molecule has 1 heterocycles. The summed E-state index contributed by atoms with van der Waals surface area (Å²) in [7, 11) is 0. The third-order valence-corrected chi connectivity index (χ3v) is 2.99. The number of hydrogen-bond donors (Lipinski definition) is 2. The molecule has 0 saturated carbocycles. The molecule has 0 saturated heterocycles. The molecule has 1 unspecified atom stereocenters. The van der Waals surface area contributed by atoms with Crippen LogP contribution in [0.5, 0.6) is 0 Å². The fourth-order valence-corrected chi connectivity index (χ4v) is 2.12. The molecule has 2 rings (SSSR count). The van der Waals surface area contributed by atoms with Gasteiger partial charge in [-0.1, -0.05) is 18.2 Å². The number of nitrogens with two attached hydrogens (primary N) is 1. The van der Waals surface area contributed by atoms with Gasteiger partial charge in [-0.3, -0.25) is 0 Å². The van der Waals surface area contributed by atoms with Gasteiger partial charge in [0.15, 0.2) is 0 Å². The Morgan fingerprint density at radius 3 is 2.68 bits per heavy atom. The Morgan fingerprint density at radius 2 is 2.09 bits per heavy atom. The first kappa shape index (κ1) is 16.0. The van der Waals surface area contributed by atoms with E-state index in [2.05, 4.69) is 10.4 Å². The first-order valence-electron chi connectivity index (χ1n) is 7.19. The number of aromatic nitrogens is 2. The molecule has 118 valence electrons. The summed E-state index contributed by atoms with van der Waals surface area (Å²) < 4.78 is 7.04. The first-order valence-corrected chi connectivity index (χ1v) is 7.19. The Balaban J connectivity index is 2.23. The van der Waals surface area contributed by atoms with Crippen LogP contribution in [-0.2, 0) is 4.74 Å². The summed E-state index contributed by atoms with van der Waals surface area (Å²) in [6, 6.07) is 9.17. The number of nitrogens with one attached hydrogen (secondary N) is 1. The molecule has 1 aromatic heterocycles. The highest BCUT2D eigenvalue weighted by Crippen LogP contribution is 2.21. The number of hydrogen-bond acceptors (Lipinski definition) is 4. The third-order valence-electron chi connectivity index (χ3n) is 2.99. The number of amides is 1. The van der Waals surface area contributed by atoms with Gasteiger partial charge in [0.1, 0.15) is 5.60 Å². The summed E-state index contributed by atoms with van der Waals surface area (Å²) in [5.41, 5.74) is 7.05. The van der Waals surface area contributed by atoms with Crippen molar-refractivity contribution in [3.8, 4) is 5.69 Å². The van der Waals surface area contributed by atoms with E-state index in [1.54, 1.807) is 10.9 Å². The number of para-hydroxylation sites is 1. The van der Waals surface area contributed by atoms with Crippen molar-refractivity contribution in [2.75, 3.05) is 6.54 Å². The average Bonchev–Trinajstić information content (AvgIpc) is 2.97. The maximum Gasteiger partial charge on any atom is 0.408 e. The fraction of sp³-hybridized carbons (Fsp3) is 0.375. The fourth-order valence-electron chi connectivity index (χ4n) is 2.12. The second-order valence-corrected chi connectivity index (χ2v) is 5.94. The molecule has 3 N–H and O–H groups in total. The van der Waals surface area contributed by atoms with Crippen molar-refractivity contribution < 1.29 is 9.53 Å². The van der Waals surface area contributed by atoms with Crippen LogP contribution in [0, 0.1) is 0 Å². The van der Waals surface area contributed by atoms with Gasteiger partial charge in [-0.25, -0.2) is 9.48 Å². The van der Waals surface area contributed by atoms with Gasteiger partial charge in [0.2, 0.25) is 0 Å². The zero-order valence-corrected chi connectivity index (χ0v) is 13.1. The predicted molar refractivity (Wildman–Crippen MR) is 84.7 cm³/mol. The lowest BCUT2D eigenvalue weighted by Gasteiger charge is -2.24. The number of rotatable bonds is 4. The normalized spacial score (nSPS) is 12.7. The average molecular weight is 302 g/mol. The topological polar surface area (TPSA) is 82.2 Å². The summed E-state index contributed by atoms with van der Waals surface area (Å²) in [5, 5.41) is 7.05. The van der Waals surface area contributed by atoms with E-state index in [0.717, 1.165) is 11.3 Å². The highest BCUT2D eigenvalue weighted by molar-refractivity contribution is 5.68. The van der Waals surface area contributed by atoms with E-state index in [-0.39, 0.29) is 12.6 Å². The van der Waals surface area contributed by atoms with E-state index in [1.165, 1.54) is 0 Å². The van der Waals surface area contributed by atoms with Gasteiger partial charge in [0, 0.05) is 24.5 Å². The van der Waals surface area contributed by atoms with E-state index in [9.17, 15) is 4.79 Å². The van der Waals surface area contributed by atoms with Crippen molar-refractivity contribution in [2.24, 2.45) is 5.73 Å². The van der Waals surface area contributed by atoms with E-state index in [1.807, 2.05) is 57.3 Å². The summed E-state index contributed by atoms with van der Waals surface area (Å²) in [4.78, 5) is 12.0. The molecule has 0 aliphatic carbocycles. The molecule has 0 bridgehead atoms. The van der Waals surface area contributed by atoms with E-state index < -0.39 is 11.7 Å². The molecule has 0 aliphatic rings. The van der Waals surface area contributed by atoms with Gasteiger partial charge >= 0.3 is 6.09 Å². The Hall–Kier alpha value is -2.34. The van der Waals surface area contributed by atoms with Gasteiger partial charge in [-0.15, -0.1) is 0 Å². The predicted octanol–water partition coefficient (Wildman–Crippen LogP) is 2.40. The van der Waals surface area contributed by atoms with Crippen molar-refractivity contribution in [1.29, 1.82) is 0 Å². The van der Waals surface area contributed by atoms with Crippen molar-refractivity contribution in [1.82, 2.24) is 15.1 Å². The summed E-state index contributed by atoms with van der Waals surface area (Å²) in [5.74, 6) is 0. The maximum absolute atomic E-state index is 12.0. The van der Waals surface area contributed by atoms with Crippen molar-refractivity contribution in [3.05, 3.63) is 48.3 Å². The Kier molecular flexibility index (Phi) is 4.82. The first-order chi connectivity index (χ1) is 10.4. The zero-order valence-electron chi connectivity index (χ0n) is 13.1. The standard InChI is InChI=1S/C16H22N4O2/c1-16(2,3)22-15(21)19-13(11-17)12-7-4-5-8-14(12)20-10-6-9-18-20/h4-10,13H,11,17H2,1-3H3,(H,19,21). The molecule has 0 fully saturated rings. The molecule has 0 spiro atoms. The largest absolute Gasteiger partial charge is 0.444 e. The van der Waals surface area contributed by atoms with Gasteiger partial charge in [0.25, 0.3) is 0 Å². The molecule has 2 aromatic rings. The highest BCUT2D eigenvalue weighted by atomic mass is 16.6. The summed E-state index contributed by atoms with van der Waals surface area (Å²) in [6.45, 7) is 5.72. The van der Waals surface area contributed by atoms with Crippen molar-refractivity contribution in [2.45, 2.75) is 32.4 Å². The Morgan fingerprint density at radius 1 is 1.36 bits per heavy atom. The van der Waals surface area contributed by atoms with Crippen LogP contribution < -0.4 is 11.1 Å². The molecule has 0 radical (unpaired) electrons. The Bertz CT molecular complexity index is 617. The second kappa shape index (κ2) is 6.62. The van der Waals surface area contributed by atoms with Gasteiger partial charge in [-0.05, 0) is 32.9 Å². The molecule has 6 nitrogen and oxygen atoms in total. The number of carbonyl (C=O) groups is 1. The lowest BCUT2D eigenvalue weighted by molar-refractivity contribution is 0.0505. The molecule has 0 aliphatic heterocycles. The maximum atomic E-state index is 12.0. The smallest absolute Gasteiger partial charge is 0.408 e. The lowest BCUT2D eigenvalue weighted by Crippen LogP contribution is -2.38. The quantitative estimate of drug-likeness (QED) is 0.908. The van der Waals surface area contributed by atoms with Crippen LogP contribution in [-0.4, -0.2) is 28.0 Å². The highest BCUT2D eigenvalue weighted by Gasteiger charge is 2.21. The van der Waals surface area contributed by atoms with Crippen LogP contribution in [0.2, 0.25) is 0 Å². The number of benzene rings is 1. The van der Waals surface area contributed by atoms with Crippen LogP contribution in [0.3, 0.4) is 0 Å². The molecule has 1 amide bonds. The number of alkyl carbamates (subject to hydrolysis) is 1. The van der Waals surface area contributed by atoms with Crippen molar-refractivity contribution in [3.63, 3.8) is 0 Å². The molecule has 1 atom stereocenters. The SMILES string of the molecule is CC(C)(C)OC(=O)NC(CN)c1ccccc1-n1cccn1. The summed E-state index contributed by atoms with van der Waals surface area (Å²) in [6.07, 6.45) is 3.06. The Labute approximate surface area is 130 Å². The van der Waals surface area contributed by atoms with Gasteiger partial charge in [0.05, 0.1) is 11.7 Å². The number of ether oxygens (including phenoxy) is 1. The minimum absolute atomic E-state index is 0.261. The number of carbonyl (C=O) groups excluding carboxylic acids is 1. The van der Waals surface area contributed by atoms with E-state index >= 15 is 0 Å². The van der Waals surface area contributed by atoms with Gasteiger partial charge < -0.3 is 15.8 Å². The molecule has 22 heavy (non-hydrogen) atoms. The molecule has 6 heteroatoms. The van der Waals surface area contributed by atoms with Crippen LogP contribution >= 0.6 is 0 Å². The summed E-state index contributed by atoms with van der Waals surface area (Å²) >= 11 is 0. The number of nitrogens with zero attached hydrogens (tertiary/aromatic N) is 2. The van der Waals surface area contributed by atoms with Crippen LogP contribution in [0.15, 0.2) is 42.7 Å². The van der Waals surface area contributed by atoms with Gasteiger partial charge in [-0.2, -0.15) is 5.10 Å². The lowest BCUT2D eigenvalue weighted by atomic mass is 10.0. The minimum atomic E-state index is -0.551. The minimum Gasteiger partial charge on any atom is -0.444 e. The molecular formula is C16H22N4O2. The second-order valence-electron chi connectivity index (χ2n) is 5.94. The molecular weight excluding hydrogens is 280 g/mol. The zero-order chi connectivity index (χ0) is 16.2. The monoisotopic (exact) mass is 302 g/mol. The van der Waals surface area contributed by atoms with Crippen LogP contribution in [0.25, 0.3) is 5.69 Å². The van der Waals surface area contributed by atoms with Crippen LogP contribution in [0.4, 0.5) is 4.79 Å². The third kappa shape index (κ3) is 4.08. The van der Waals surface area contributed by atoms with E-state index in [4.69, 9.17) is 10.5 Å².